The average Bonchev–Trinajstić information content (AvgIpc) is 2.35. The summed E-state index contributed by atoms with van der Waals surface area (Å²) < 4.78 is 24.7. The number of hydrogen-bond donors (Lipinski definition) is 1. The fourth-order valence-electron chi connectivity index (χ4n) is 1.36. The van der Waals surface area contributed by atoms with Gasteiger partial charge in [-0.25, -0.2) is 8.42 Å². The third-order valence-electron chi connectivity index (χ3n) is 2.33. The Morgan fingerprint density at radius 3 is 2.42 bits per heavy atom. The molecule has 0 heterocycles. The zero-order chi connectivity index (χ0) is 14.5. The molecule has 0 atom stereocenters. The number of hydrogen-bond acceptors (Lipinski definition) is 3. The van der Waals surface area contributed by atoms with Crippen molar-refractivity contribution >= 4 is 33.7 Å². The summed E-state index contributed by atoms with van der Waals surface area (Å²) >= 11 is 5.72. The molecule has 0 aliphatic carbocycles. The van der Waals surface area contributed by atoms with E-state index in [0.29, 0.717) is 10.6 Å². The normalized spacial score (nSPS) is 12.2. The van der Waals surface area contributed by atoms with Crippen LogP contribution < -0.4 is 0 Å². The van der Waals surface area contributed by atoms with Crippen molar-refractivity contribution in [3.05, 3.63) is 40.3 Å². The third-order valence-corrected chi connectivity index (χ3v) is 4.17. The van der Waals surface area contributed by atoms with Crippen LogP contribution in [0.3, 0.4) is 0 Å². The Morgan fingerprint density at radius 2 is 1.95 bits per heavy atom. The number of sulfonamides is 1. The first-order valence-corrected chi connectivity index (χ1v) is 7.39. The third kappa shape index (κ3) is 5.02. The van der Waals surface area contributed by atoms with Gasteiger partial charge in [-0.2, -0.15) is 4.31 Å². The zero-order valence-corrected chi connectivity index (χ0v) is 11.9. The Labute approximate surface area is 117 Å². The van der Waals surface area contributed by atoms with Crippen molar-refractivity contribution in [1.29, 1.82) is 0 Å². The molecule has 0 radical (unpaired) electrons. The van der Waals surface area contributed by atoms with E-state index in [1.807, 2.05) is 0 Å². The van der Waals surface area contributed by atoms with Gasteiger partial charge in [0.25, 0.3) is 0 Å². The van der Waals surface area contributed by atoms with Crippen LogP contribution in [0.15, 0.2) is 29.7 Å². The largest absolute Gasteiger partial charge is 0.480 e. The summed E-state index contributed by atoms with van der Waals surface area (Å²) in [5, 5.41) is 10.2. The lowest BCUT2D eigenvalue weighted by Crippen LogP contribution is -2.34. The van der Waals surface area contributed by atoms with Crippen LogP contribution in [0.1, 0.15) is 12.5 Å². The number of nitrogens with zero attached hydrogens (tertiary/aromatic N) is 1. The molecule has 0 unspecified atom stereocenters. The first-order chi connectivity index (χ1) is 8.85. The van der Waals surface area contributed by atoms with Crippen molar-refractivity contribution < 1.29 is 18.3 Å². The van der Waals surface area contributed by atoms with Gasteiger partial charge in [-0.05, 0) is 23.8 Å². The van der Waals surface area contributed by atoms with Gasteiger partial charge in [0, 0.05) is 17.0 Å². The Morgan fingerprint density at radius 1 is 1.37 bits per heavy atom. The Balaban J connectivity index is 2.88. The second-order valence-electron chi connectivity index (χ2n) is 3.72. The maximum Gasteiger partial charge on any atom is 0.318 e. The van der Waals surface area contributed by atoms with Crippen LogP contribution in [0.2, 0.25) is 5.02 Å². The van der Waals surface area contributed by atoms with Crippen LogP contribution in [0.5, 0.6) is 0 Å². The SMILES string of the molecule is CCN(CC(=O)O)S(=O)(=O)/C=C/c1ccc(Cl)cc1. The van der Waals surface area contributed by atoms with E-state index in [9.17, 15) is 13.2 Å². The highest BCUT2D eigenvalue weighted by Gasteiger charge is 2.19. The smallest absolute Gasteiger partial charge is 0.318 e. The lowest BCUT2D eigenvalue weighted by molar-refractivity contribution is -0.137. The van der Waals surface area contributed by atoms with Gasteiger partial charge in [0.15, 0.2) is 0 Å². The van der Waals surface area contributed by atoms with Crippen molar-refractivity contribution in [1.82, 2.24) is 4.31 Å². The van der Waals surface area contributed by atoms with E-state index in [0.717, 1.165) is 9.71 Å². The topological polar surface area (TPSA) is 74.7 Å². The van der Waals surface area contributed by atoms with Crippen molar-refractivity contribution in [3.8, 4) is 0 Å². The van der Waals surface area contributed by atoms with E-state index in [2.05, 4.69) is 0 Å². The molecule has 0 aliphatic heterocycles. The van der Waals surface area contributed by atoms with Crippen LogP contribution in [0.25, 0.3) is 6.08 Å². The van der Waals surface area contributed by atoms with Crippen LogP contribution in [-0.2, 0) is 14.8 Å². The molecule has 7 heteroatoms. The molecule has 0 aromatic heterocycles. The maximum absolute atomic E-state index is 11.9. The van der Waals surface area contributed by atoms with Crippen LogP contribution >= 0.6 is 11.6 Å². The van der Waals surface area contributed by atoms with Crippen molar-refractivity contribution in [3.63, 3.8) is 0 Å². The Kier molecular flexibility index (Phi) is 5.53. The molecule has 0 saturated carbocycles. The highest BCUT2D eigenvalue weighted by atomic mass is 35.5. The minimum atomic E-state index is -3.74. The lowest BCUT2D eigenvalue weighted by atomic mass is 10.2. The first kappa shape index (κ1) is 15.7. The molecule has 104 valence electrons. The van der Waals surface area contributed by atoms with E-state index in [-0.39, 0.29) is 6.54 Å². The molecule has 0 spiro atoms. The predicted molar refractivity (Wildman–Crippen MR) is 74.3 cm³/mol. The fraction of sp³-hybridized carbons (Fsp3) is 0.250. The summed E-state index contributed by atoms with van der Waals surface area (Å²) in [6.45, 7) is 1.13. The van der Waals surface area contributed by atoms with E-state index in [4.69, 9.17) is 16.7 Å². The molecular weight excluding hydrogens is 290 g/mol. The summed E-state index contributed by atoms with van der Waals surface area (Å²) in [7, 11) is -3.74. The van der Waals surface area contributed by atoms with Crippen LogP contribution in [0, 0.1) is 0 Å². The number of carboxylic acid groups (broad SMARTS) is 1. The van der Waals surface area contributed by atoms with Crippen molar-refractivity contribution in [2.45, 2.75) is 6.92 Å². The molecule has 0 saturated heterocycles. The van der Waals surface area contributed by atoms with Gasteiger partial charge in [0.1, 0.15) is 6.54 Å². The zero-order valence-electron chi connectivity index (χ0n) is 10.3. The molecule has 1 aromatic carbocycles. The molecule has 0 amide bonds. The minimum absolute atomic E-state index is 0.0968. The van der Waals surface area contributed by atoms with Gasteiger partial charge < -0.3 is 5.11 Å². The average molecular weight is 304 g/mol. The number of benzene rings is 1. The number of aliphatic carboxylic acids is 1. The number of carbonyl (C=O) groups is 1. The van der Waals surface area contributed by atoms with Crippen LogP contribution in [-0.4, -0.2) is 36.9 Å². The van der Waals surface area contributed by atoms with Gasteiger partial charge in [-0.3, -0.25) is 4.79 Å². The Bertz CT molecular complexity index is 566. The second-order valence-corrected chi connectivity index (χ2v) is 5.97. The molecule has 5 nitrogen and oxygen atoms in total. The second kappa shape index (κ2) is 6.70. The lowest BCUT2D eigenvalue weighted by Gasteiger charge is -2.15. The van der Waals surface area contributed by atoms with Crippen LogP contribution in [0.4, 0.5) is 0 Å². The first-order valence-electron chi connectivity index (χ1n) is 5.50. The molecule has 0 aliphatic rings. The summed E-state index contributed by atoms with van der Waals surface area (Å²) in [6, 6.07) is 6.62. The Hall–Kier alpha value is -1.37. The molecular formula is C12H14ClNO4S. The van der Waals surface area contributed by atoms with E-state index < -0.39 is 22.5 Å². The highest BCUT2D eigenvalue weighted by molar-refractivity contribution is 7.92. The highest BCUT2D eigenvalue weighted by Crippen LogP contribution is 2.12. The number of rotatable bonds is 6. The van der Waals surface area contributed by atoms with E-state index in [1.165, 1.54) is 6.08 Å². The molecule has 1 aromatic rings. The summed E-state index contributed by atoms with van der Waals surface area (Å²) in [6.07, 6.45) is 1.40. The maximum atomic E-state index is 11.9. The number of likely N-dealkylation sites (N-methyl/N-ethyl adjacent to an activating group) is 1. The van der Waals surface area contributed by atoms with Gasteiger partial charge >= 0.3 is 5.97 Å². The monoisotopic (exact) mass is 303 g/mol. The minimum Gasteiger partial charge on any atom is -0.480 e. The number of carboxylic acids is 1. The molecule has 0 fully saturated rings. The molecule has 0 bridgehead atoms. The molecule has 19 heavy (non-hydrogen) atoms. The fourth-order valence-corrected chi connectivity index (χ4v) is 2.63. The van der Waals surface area contributed by atoms with Gasteiger partial charge in [0.2, 0.25) is 10.0 Å². The van der Waals surface area contributed by atoms with Crippen molar-refractivity contribution in [2.75, 3.05) is 13.1 Å². The van der Waals surface area contributed by atoms with Crippen molar-refractivity contribution in [2.24, 2.45) is 0 Å². The molecule has 1 N–H and O–H groups in total. The van der Waals surface area contributed by atoms with Gasteiger partial charge in [-0.15, -0.1) is 0 Å². The van der Waals surface area contributed by atoms with Gasteiger partial charge in [-0.1, -0.05) is 30.7 Å². The quantitative estimate of drug-likeness (QED) is 0.872. The summed E-state index contributed by atoms with van der Waals surface area (Å²) in [4.78, 5) is 10.6. The molecule has 1 rings (SSSR count). The summed E-state index contributed by atoms with van der Waals surface area (Å²) in [5.41, 5.74) is 0.666. The summed E-state index contributed by atoms with van der Waals surface area (Å²) in [5.74, 6) is -1.19. The number of halogens is 1. The standard InChI is InChI=1S/C12H14ClNO4S/c1-2-14(9-12(15)16)19(17,18)8-7-10-3-5-11(13)6-4-10/h3-8H,2,9H2,1H3,(H,15,16)/b8-7+. The van der Waals surface area contributed by atoms with Gasteiger partial charge in [0.05, 0.1) is 0 Å². The predicted octanol–water partition coefficient (Wildman–Crippen LogP) is 2.05. The van der Waals surface area contributed by atoms with E-state index in [1.54, 1.807) is 31.2 Å². The van der Waals surface area contributed by atoms with E-state index >= 15 is 0 Å².